The van der Waals surface area contributed by atoms with Crippen molar-refractivity contribution in [1.29, 1.82) is 0 Å². The van der Waals surface area contributed by atoms with Gasteiger partial charge in [0.2, 0.25) is 5.91 Å². The minimum atomic E-state index is -0.862. The van der Waals surface area contributed by atoms with E-state index in [4.69, 9.17) is 0 Å². The smallest absolute Gasteiger partial charge is 0.230 e. The Labute approximate surface area is 101 Å². The summed E-state index contributed by atoms with van der Waals surface area (Å²) in [6.45, 7) is 4.67. The van der Waals surface area contributed by atoms with E-state index in [1.165, 1.54) is 6.07 Å². The van der Waals surface area contributed by atoms with Gasteiger partial charge in [-0.05, 0) is 27.0 Å². The van der Waals surface area contributed by atoms with E-state index in [-0.39, 0.29) is 11.7 Å². The minimum absolute atomic E-state index is 0.169. The number of rotatable bonds is 5. The molecule has 2 N–H and O–H groups in total. The van der Waals surface area contributed by atoms with Gasteiger partial charge < -0.3 is 10.6 Å². The molecule has 0 atom stereocenters. The molecule has 0 aromatic heterocycles. The number of hydrogen-bond donors (Lipinski definition) is 2. The summed E-state index contributed by atoms with van der Waals surface area (Å²) in [6, 6.07) is 6.37. The molecule has 94 valence electrons. The number of carbonyl (C=O) groups excluding carboxylic acids is 1. The second-order valence-electron chi connectivity index (χ2n) is 4.46. The third-order valence-corrected chi connectivity index (χ3v) is 2.78. The fourth-order valence-electron chi connectivity index (χ4n) is 1.61. The van der Waals surface area contributed by atoms with Crippen molar-refractivity contribution in [3.63, 3.8) is 0 Å². The van der Waals surface area contributed by atoms with Gasteiger partial charge in [-0.1, -0.05) is 18.2 Å². The highest BCUT2D eigenvalue weighted by atomic mass is 19.1. The summed E-state index contributed by atoms with van der Waals surface area (Å²) >= 11 is 0. The molecule has 0 aliphatic heterocycles. The van der Waals surface area contributed by atoms with Crippen molar-refractivity contribution in [3.8, 4) is 0 Å². The highest BCUT2D eigenvalue weighted by molar-refractivity contribution is 5.87. The standard InChI is InChI=1S/C13H19FN2O/c1-13(2,12(17)16-9-8-15-3)10-6-4-5-7-11(10)14/h4-7,15H,8-9H2,1-3H3,(H,16,17). The Morgan fingerprint density at radius 2 is 1.94 bits per heavy atom. The van der Waals surface area contributed by atoms with E-state index in [0.717, 1.165) is 0 Å². The van der Waals surface area contributed by atoms with Gasteiger partial charge in [0.1, 0.15) is 5.82 Å². The highest BCUT2D eigenvalue weighted by Crippen LogP contribution is 2.25. The Balaban J connectivity index is 2.80. The van der Waals surface area contributed by atoms with Crippen LogP contribution >= 0.6 is 0 Å². The lowest BCUT2D eigenvalue weighted by molar-refractivity contribution is -0.125. The van der Waals surface area contributed by atoms with E-state index >= 15 is 0 Å². The van der Waals surface area contributed by atoms with Gasteiger partial charge in [0.05, 0.1) is 5.41 Å². The van der Waals surface area contributed by atoms with Crippen molar-refractivity contribution < 1.29 is 9.18 Å². The molecule has 0 aliphatic rings. The molecule has 0 spiro atoms. The lowest BCUT2D eigenvalue weighted by Gasteiger charge is -2.24. The summed E-state index contributed by atoms with van der Waals surface area (Å²) in [4.78, 5) is 12.0. The quantitative estimate of drug-likeness (QED) is 0.762. The van der Waals surface area contributed by atoms with E-state index in [2.05, 4.69) is 10.6 Å². The van der Waals surface area contributed by atoms with Crippen LogP contribution in [0, 0.1) is 5.82 Å². The van der Waals surface area contributed by atoms with Gasteiger partial charge >= 0.3 is 0 Å². The average molecular weight is 238 g/mol. The van der Waals surface area contributed by atoms with Crippen LogP contribution in [-0.2, 0) is 10.2 Å². The Bertz CT molecular complexity index is 391. The molecule has 1 aromatic carbocycles. The predicted octanol–water partition coefficient (Wildman–Crippen LogP) is 1.44. The molecular weight excluding hydrogens is 219 g/mol. The Kier molecular flexibility index (Phi) is 4.63. The van der Waals surface area contributed by atoms with Gasteiger partial charge in [-0.15, -0.1) is 0 Å². The van der Waals surface area contributed by atoms with Gasteiger partial charge in [0, 0.05) is 18.7 Å². The van der Waals surface area contributed by atoms with E-state index in [1.54, 1.807) is 32.0 Å². The Hall–Kier alpha value is -1.42. The second-order valence-corrected chi connectivity index (χ2v) is 4.46. The van der Waals surface area contributed by atoms with Crippen LogP contribution in [0.25, 0.3) is 0 Å². The number of likely N-dealkylation sites (N-methyl/N-ethyl adjacent to an activating group) is 1. The summed E-state index contributed by atoms with van der Waals surface area (Å²) in [6.07, 6.45) is 0. The zero-order valence-corrected chi connectivity index (χ0v) is 10.5. The average Bonchev–Trinajstić information content (AvgIpc) is 2.29. The maximum atomic E-state index is 13.6. The SMILES string of the molecule is CNCCNC(=O)C(C)(C)c1ccccc1F. The Morgan fingerprint density at radius 3 is 2.53 bits per heavy atom. The summed E-state index contributed by atoms with van der Waals surface area (Å²) in [5, 5.41) is 5.72. The van der Waals surface area contributed by atoms with Gasteiger partial charge in [0.15, 0.2) is 0 Å². The Morgan fingerprint density at radius 1 is 1.29 bits per heavy atom. The lowest BCUT2D eigenvalue weighted by Crippen LogP contribution is -2.42. The predicted molar refractivity (Wildman–Crippen MR) is 66.4 cm³/mol. The summed E-state index contributed by atoms with van der Waals surface area (Å²) in [7, 11) is 1.81. The molecule has 1 amide bonds. The molecule has 1 rings (SSSR count). The van der Waals surface area contributed by atoms with Crippen molar-refractivity contribution >= 4 is 5.91 Å². The fourth-order valence-corrected chi connectivity index (χ4v) is 1.61. The molecule has 0 unspecified atom stereocenters. The molecule has 17 heavy (non-hydrogen) atoms. The van der Waals surface area contributed by atoms with Crippen LogP contribution < -0.4 is 10.6 Å². The van der Waals surface area contributed by atoms with Crippen molar-refractivity contribution in [2.45, 2.75) is 19.3 Å². The summed E-state index contributed by atoms with van der Waals surface area (Å²) in [5.74, 6) is -0.515. The third kappa shape index (κ3) is 3.27. The normalized spacial score (nSPS) is 11.3. The van der Waals surface area contributed by atoms with Crippen LogP contribution in [-0.4, -0.2) is 26.0 Å². The molecule has 3 nitrogen and oxygen atoms in total. The summed E-state index contributed by atoms with van der Waals surface area (Å²) in [5.41, 5.74) is -0.444. The van der Waals surface area contributed by atoms with Gasteiger partial charge in [-0.25, -0.2) is 4.39 Å². The zero-order chi connectivity index (χ0) is 12.9. The van der Waals surface area contributed by atoms with Crippen LogP contribution in [0.5, 0.6) is 0 Å². The second kappa shape index (κ2) is 5.77. The number of halogens is 1. The molecule has 1 aromatic rings. The topological polar surface area (TPSA) is 41.1 Å². The van der Waals surface area contributed by atoms with Crippen LogP contribution in [0.2, 0.25) is 0 Å². The number of hydrogen-bond acceptors (Lipinski definition) is 2. The van der Waals surface area contributed by atoms with Gasteiger partial charge in [-0.2, -0.15) is 0 Å². The van der Waals surface area contributed by atoms with Gasteiger partial charge in [-0.3, -0.25) is 4.79 Å². The van der Waals surface area contributed by atoms with Crippen molar-refractivity contribution in [1.82, 2.24) is 10.6 Å². The molecule has 0 saturated heterocycles. The molecular formula is C13H19FN2O. The number of amides is 1. The molecule has 0 bridgehead atoms. The molecule has 0 radical (unpaired) electrons. The molecule has 0 fully saturated rings. The molecule has 4 heteroatoms. The van der Waals surface area contributed by atoms with E-state index < -0.39 is 5.41 Å². The largest absolute Gasteiger partial charge is 0.354 e. The van der Waals surface area contributed by atoms with Crippen molar-refractivity contribution in [2.75, 3.05) is 20.1 Å². The monoisotopic (exact) mass is 238 g/mol. The molecule has 0 aliphatic carbocycles. The number of nitrogens with one attached hydrogen (secondary N) is 2. The first kappa shape index (κ1) is 13.6. The zero-order valence-electron chi connectivity index (χ0n) is 10.5. The first-order valence-corrected chi connectivity index (χ1v) is 5.68. The first-order chi connectivity index (χ1) is 8.00. The maximum absolute atomic E-state index is 13.6. The third-order valence-electron chi connectivity index (χ3n) is 2.78. The number of carbonyl (C=O) groups is 1. The highest BCUT2D eigenvalue weighted by Gasteiger charge is 2.31. The van der Waals surface area contributed by atoms with Crippen LogP contribution in [0.1, 0.15) is 19.4 Å². The van der Waals surface area contributed by atoms with E-state index in [1.807, 2.05) is 7.05 Å². The molecule has 0 saturated carbocycles. The van der Waals surface area contributed by atoms with Crippen LogP contribution in [0.3, 0.4) is 0 Å². The number of benzene rings is 1. The van der Waals surface area contributed by atoms with Crippen LogP contribution in [0.15, 0.2) is 24.3 Å². The molecule has 0 heterocycles. The lowest BCUT2D eigenvalue weighted by atomic mass is 9.83. The van der Waals surface area contributed by atoms with Crippen LogP contribution in [0.4, 0.5) is 4.39 Å². The first-order valence-electron chi connectivity index (χ1n) is 5.68. The van der Waals surface area contributed by atoms with Gasteiger partial charge in [0.25, 0.3) is 0 Å². The maximum Gasteiger partial charge on any atom is 0.230 e. The van der Waals surface area contributed by atoms with Crippen molar-refractivity contribution in [2.24, 2.45) is 0 Å². The summed E-state index contributed by atoms with van der Waals surface area (Å²) < 4.78 is 13.6. The van der Waals surface area contributed by atoms with Crippen molar-refractivity contribution in [3.05, 3.63) is 35.6 Å². The fraction of sp³-hybridized carbons (Fsp3) is 0.462. The van der Waals surface area contributed by atoms with E-state index in [9.17, 15) is 9.18 Å². The minimum Gasteiger partial charge on any atom is -0.354 e. The van der Waals surface area contributed by atoms with E-state index in [0.29, 0.717) is 18.7 Å².